The van der Waals surface area contributed by atoms with Crippen LogP contribution < -0.4 is 10.5 Å². The van der Waals surface area contributed by atoms with E-state index in [2.05, 4.69) is 16.6 Å². The first-order valence-electron chi connectivity index (χ1n) is 5.47. The summed E-state index contributed by atoms with van der Waals surface area (Å²) in [5, 5.41) is 1.81. The van der Waals surface area contributed by atoms with Gasteiger partial charge in [0.15, 0.2) is 0 Å². The molecule has 0 saturated heterocycles. The molecule has 9 heteroatoms. The largest absolute Gasteiger partial charge is 0.452 e. The second kappa shape index (κ2) is 7.25. The fourth-order valence-corrected chi connectivity index (χ4v) is 2.92. The molecule has 1 aromatic rings. The molecular formula is C11H15N3O4S2. The number of methoxy groups -OCH3 is 1. The molecule has 0 radical (unpaired) electrons. The molecule has 7 nitrogen and oxygen atoms in total. The van der Waals surface area contributed by atoms with Crippen molar-refractivity contribution in [3.05, 3.63) is 21.9 Å². The van der Waals surface area contributed by atoms with E-state index < -0.39 is 16.3 Å². The summed E-state index contributed by atoms with van der Waals surface area (Å²) in [6.45, 7) is 0.393. The molecule has 0 saturated carbocycles. The number of nitrogens with two attached hydrogens (primary N) is 1. The molecule has 1 aromatic heterocycles. The molecule has 110 valence electrons. The smallest absolute Gasteiger partial charge is 0.421 e. The van der Waals surface area contributed by atoms with Crippen LogP contribution in [0.5, 0.6) is 0 Å². The van der Waals surface area contributed by atoms with Crippen molar-refractivity contribution >= 4 is 27.6 Å². The summed E-state index contributed by atoms with van der Waals surface area (Å²) >= 11 is 1.38. The Morgan fingerprint density at radius 1 is 1.60 bits per heavy atom. The molecule has 0 aliphatic carbocycles. The standard InChI is InChI=1S/C11H15N3O4S2/c1-14(20(16,17)13-11(15)18-2)7-10-6-9(8-19-10)4-3-5-12/h6,8H,5,7,12H2,1-2H3,(H,13,15). The number of rotatable bonds is 4. The van der Waals surface area contributed by atoms with Gasteiger partial charge in [0.25, 0.3) is 0 Å². The lowest BCUT2D eigenvalue weighted by Crippen LogP contribution is -2.40. The van der Waals surface area contributed by atoms with E-state index in [1.165, 1.54) is 18.4 Å². The van der Waals surface area contributed by atoms with E-state index in [0.29, 0.717) is 0 Å². The van der Waals surface area contributed by atoms with Crippen molar-refractivity contribution in [2.24, 2.45) is 5.73 Å². The lowest BCUT2D eigenvalue weighted by Gasteiger charge is -2.15. The summed E-state index contributed by atoms with van der Waals surface area (Å²) in [6, 6.07) is 1.78. The summed E-state index contributed by atoms with van der Waals surface area (Å²) in [7, 11) is -1.47. The van der Waals surface area contributed by atoms with Gasteiger partial charge in [0, 0.05) is 29.4 Å². The van der Waals surface area contributed by atoms with E-state index in [1.807, 2.05) is 5.38 Å². The van der Waals surface area contributed by atoms with Crippen molar-refractivity contribution in [3.8, 4) is 11.8 Å². The van der Waals surface area contributed by atoms with Crippen LogP contribution in [0, 0.1) is 11.8 Å². The Hall–Kier alpha value is -1.60. The predicted molar refractivity (Wildman–Crippen MR) is 76.2 cm³/mol. The number of thiophene rings is 1. The first-order valence-corrected chi connectivity index (χ1v) is 7.79. The van der Waals surface area contributed by atoms with Gasteiger partial charge in [-0.15, -0.1) is 11.3 Å². The first kappa shape index (κ1) is 16.5. The molecular weight excluding hydrogens is 302 g/mol. The predicted octanol–water partition coefficient (Wildman–Crippen LogP) is 0.0909. The second-order valence-corrected chi connectivity index (χ2v) is 6.44. The Balaban J connectivity index is 2.72. The third-order valence-electron chi connectivity index (χ3n) is 2.18. The van der Waals surface area contributed by atoms with Gasteiger partial charge in [-0.25, -0.2) is 9.52 Å². The van der Waals surface area contributed by atoms with Crippen molar-refractivity contribution in [3.63, 3.8) is 0 Å². The van der Waals surface area contributed by atoms with E-state index in [4.69, 9.17) is 5.73 Å². The molecule has 0 bridgehead atoms. The number of ether oxygens (including phenoxy) is 1. The lowest BCUT2D eigenvalue weighted by atomic mass is 10.3. The number of nitrogens with one attached hydrogen (secondary N) is 1. The van der Waals surface area contributed by atoms with Gasteiger partial charge in [-0.3, -0.25) is 0 Å². The van der Waals surface area contributed by atoms with E-state index >= 15 is 0 Å². The van der Waals surface area contributed by atoms with Crippen LogP contribution in [-0.4, -0.2) is 39.5 Å². The third-order valence-corrected chi connectivity index (χ3v) is 4.47. The van der Waals surface area contributed by atoms with Gasteiger partial charge in [0.2, 0.25) is 0 Å². The molecule has 20 heavy (non-hydrogen) atoms. The van der Waals surface area contributed by atoms with Gasteiger partial charge in [-0.1, -0.05) is 11.8 Å². The van der Waals surface area contributed by atoms with Crippen LogP contribution in [0.2, 0.25) is 0 Å². The van der Waals surface area contributed by atoms with Crippen molar-refractivity contribution in [1.29, 1.82) is 0 Å². The van der Waals surface area contributed by atoms with E-state index in [0.717, 1.165) is 21.9 Å². The topological polar surface area (TPSA) is 102 Å². The van der Waals surface area contributed by atoms with Crippen LogP contribution in [-0.2, 0) is 21.5 Å². The van der Waals surface area contributed by atoms with Gasteiger partial charge in [-0.05, 0) is 6.07 Å². The molecule has 0 aromatic carbocycles. The van der Waals surface area contributed by atoms with Gasteiger partial charge < -0.3 is 10.5 Å². The molecule has 0 aliphatic rings. The summed E-state index contributed by atoms with van der Waals surface area (Å²) < 4.78 is 30.5. The monoisotopic (exact) mass is 317 g/mol. The Kier molecular flexibility index (Phi) is 5.97. The molecule has 0 fully saturated rings. The maximum absolute atomic E-state index is 11.8. The second-order valence-electron chi connectivity index (χ2n) is 3.66. The zero-order valence-corrected chi connectivity index (χ0v) is 12.7. The van der Waals surface area contributed by atoms with Crippen LogP contribution in [0.25, 0.3) is 0 Å². The Morgan fingerprint density at radius 2 is 2.30 bits per heavy atom. The van der Waals surface area contributed by atoms with Gasteiger partial charge in [-0.2, -0.15) is 12.7 Å². The molecule has 0 spiro atoms. The van der Waals surface area contributed by atoms with Crippen molar-refractivity contribution in [2.45, 2.75) is 6.54 Å². The summed E-state index contributed by atoms with van der Waals surface area (Å²) in [5.74, 6) is 5.57. The average Bonchev–Trinajstić information content (AvgIpc) is 2.83. The van der Waals surface area contributed by atoms with Gasteiger partial charge >= 0.3 is 16.3 Å². The van der Waals surface area contributed by atoms with Crippen LogP contribution >= 0.6 is 11.3 Å². The molecule has 1 amide bonds. The minimum Gasteiger partial charge on any atom is -0.452 e. The van der Waals surface area contributed by atoms with Crippen molar-refractivity contribution < 1.29 is 17.9 Å². The molecule has 1 rings (SSSR count). The normalized spacial score (nSPS) is 10.8. The van der Waals surface area contributed by atoms with Crippen LogP contribution in [0.15, 0.2) is 11.4 Å². The first-order chi connectivity index (χ1) is 9.39. The molecule has 3 N–H and O–H groups in total. The summed E-state index contributed by atoms with van der Waals surface area (Å²) in [4.78, 5) is 11.7. The highest BCUT2D eigenvalue weighted by atomic mass is 32.2. The maximum atomic E-state index is 11.8. The SMILES string of the molecule is COC(=O)NS(=O)(=O)N(C)Cc1cc(C#CCN)cs1. The Labute approximate surface area is 121 Å². The molecule has 0 atom stereocenters. The van der Waals surface area contributed by atoms with E-state index in [-0.39, 0.29) is 13.1 Å². The fourth-order valence-electron chi connectivity index (χ4n) is 1.21. The van der Waals surface area contributed by atoms with Crippen molar-refractivity contribution in [2.75, 3.05) is 20.7 Å². The van der Waals surface area contributed by atoms with E-state index in [1.54, 1.807) is 10.8 Å². The Morgan fingerprint density at radius 3 is 2.90 bits per heavy atom. The highest BCUT2D eigenvalue weighted by molar-refractivity contribution is 7.87. The maximum Gasteiger partial charge on any atom is 0.421 e. The van der Waals surface area contributed by atoms with Gasteiger partial charge in [0.1, 0.15) is 0 Å². The van der Waals surface area contributed by atoms with E-state index in [9.17, 15) is 13.2 Å². The van der Waals surface area contributed by atoms with Crippen LogP contribution in [0.1, 0.15) is 10.4 Å². The zero-order chi connectivity index (χ0) is 15.2. The number of hydrogen-bond donors (Lipinski definition) is 2. The third kappa shape index (κ3) is 4.82. The molecule has 0 unspecified atom stereocenters. The molecule has 0 aliphatic heterocycles. The summed E-state index contributed by atoms with van der Waals surface area (Å²) in [6.07, 6.45) is -1.03. The van der Waals surface area contributed by atoms with Crippen LogP contribution in [0.3, 0.4) is 0 Å². The Bertz CT molecular complexity index is 628. The minimum absolute atomic E-state index is 0.126. The highest BCUT2D eigenvalue weighted by Crippen LogP contribution is 2.16. The summed E-state index contributed by atoms with van der Waals surface area (Å²) in [5.41, 5.74) is 6.05. The zero-order valence-electron chi connectivity index (χ0n) is 11.0. The van der Waals surface area contributed by atoms with Gasteiger partial charge in [0.05, 0.1) is 13.7 Å². The average molecular weight is 317 g/mol. The number of carbonyl (C=O) groups excluding carboxylic acids is 1. The number of carbonyl (C=O) groups is 1. The fraction of sp³-hybridized carbons (Fsp3) is 0.364. The number of hydrogen-bond acceptors (Lipinski definition) is 6. The van der Waals surface area contributed by atoms with Crippen molar-refractivity contribution in [1.82, 2.24) is 9.03 Å². The van der Waals surface area contributed by atoms with Crippen LogP contribution in [0.4, 0.5) is 4.79 Å². The lowest BCUT2D eigenvalue weighted by molar-refractivity contribution is 0.177. The molecule has 1 heterocycles. The number of amides is 1. The number of nitrogens with zero attached hydrogens (tertiary/aromatic N) is 1. The highest BCUT2D eigenvalue weighted by Gasteiger charge is 2.21. The quantitative estimate of drug-likeness (QED) is 0.766. The minimum atomic E-state index is -3.92.